The van der Waals surface area contributed by atoms with Crippen molar-refractivity contribution in [3.63, 3.8) is 0 Å². The fourth-order valence-corrected chi connectivity index (χ4v) is 1.37. The molecule has 0 atom stereocenters. The highest BCUT2D eigenvalue weighted by atomic mass is 35.5. The summed E-state index contributed by atoms with van der Waals surface area (Å²) in [6, 6.07) is 5.48. The van der Waals surface area contributed by atoms with Crippen LogP contribution in [0.25, 0.3) is 11.3 Å². The summed E-state index contributed by atoms with van der Waals surface area (Å²) < 4.78 is 18.2. The molecule has 6 heteroatoms. The van der Waals surface area contributed by atoms with Crippen LogP contribution in [0.15, 0.2) is 28.8 Å². The third kappa shape index (κ3) is 1.77. The predicted molar refractivity (Wildman–Crippen MR) is 53.9 cm³/mol. The quantitative estimate of drug-likeness (QED) is 0.878. The Morgan fingerprint density at radius 2 is 2.25 bits per heavy atom. The molecular weight excluding hydrogens is 237 g/mol. The van der Waals surface area contributed by atoms with E-state index in [1.807, 2.05) is 0 Å². The zero-order valence-electron chi connectivity index (χ0n) is 7.78. The average Bonchev–Trinajstić information content (AvgIpc) is 2.71. The van der Waals surface area contributed by atoms with Crippen molar-refractivity contribution < 1.29 is 18.8 Å². The van der Waals surface area contributed by atoms with E-state index in [1.54, 1.807) is 0 Å². The van der Waals surface area contributed by atoms with Gasteiger partial charge in [-0.1, -0.05) is 22.8 Å². The molecule has 1 aromatic heterocycles. The molecule has 0 radical (unpaired) electrons. The van der Waals surface area contributed by atoms with Crippen LogP contribution < -0.4 is 0 Å². The third-order valence-electron chi connectivity index (χ3n) is 1.95. The van der Waals surface area contributed by atoms with Crippen LogP contribution in [0.1, 0.15) is 10.5 Å². The van der Waals surface area contributed by atoms with E-state index >= 15 is 0 Å². The lowest BCUT2D eigenvalue weighted by Gasteiger charge is -1.98. The van der Waals surface area contributed by atoms with Gasteiger partial charge in [0.2, 0.25) is 0 Å². The molecule has 0 spiro atoms. The van der Waals surface area contributed by atoms with Crippen molar-refractivity contribution in [3.8, 4) is 11.3 Å². The number of carboxylic acid groups (broad SMARTS) is 1. The van der Waals surface area contributed by atoms with Crippen LogP contribution in [0, 0.1) is 5.82 Å². The van der Waals surface area contributed by atoms with E-state index in [2.05, 4.69) is 5.16 Å². The smallest absolute Gasteiger partial charge is 0.358 e. The molecule has 0 aliphatic heterocycles. The van der Waals surface area contributed by atoms with Gasteiger partial charge in [0.1, 0.15) is 0 Å². The molecule has 82 valence electrons. The van der Waals surface area contributed by atoms with Crippen LogP contribution in [0.4, 0.5) is 4.39 Å². The van der Waals surface area contributed by atoms with E-state index < -0.39 is 11.8 Å². The number of halogens is 2. The normalized spacial score (nSPS) is 10.4. The summed E-state index contributed by atoms with van der Waals surface area (Å²) in [4.78, 5) is 10.6. The van der Waals surface area contributed by atoms with Gasteiger partial charge in [-0.3, -0.25) is 0 Å². The van der Waals surface area contributed by atoms with E-state index in [-0.39, 0.29) is 22.0 Å². The van der Waals surface area contributed by atoms with Crippen LogP contribution >= 0.6 is 11.6 Å². The van der Waals surface area contributed by atoms with Crippen molar-refractivity contribution in [2.45, 2.75) is 0 Å². The van der Waals surface area contributed by atoms with Gasteiger partial charge >= 0.3 is 5.97 Å². The number of benzene rings is 1. The number of hydrogen-bond acceptors (Lipinski definition) is 3. The largest absolute Gasteiger partial charge is 0.476 e. The van der Waals surface area contributed by atoms with E-state index in [9.17, 15) is 9.18 Å². The minimum Gasteiger partial charge on any atom is -0.476 e. The Kier molecular flexibility index (Phi) is 2.62. The Labute approximate surface area is 94.2 Å². The van der Waals surface area contributed by atoms with Crippen molar-refractivity contribution in [3.05, 3.63) is 40.8 Å². The second-order valence-corrected chi connectivity index (χ2v) is 3.39. The first-order valence-electron chi connectivity index (χ1n) is 4.24. The van der Waals surface area contributed by atoms with Crippen molar-refractivity contribution in [2.75, 3.05) is 0 Å². The summed E-state index contributed by atoms with van der Waals surface area (Å²) in [5.74, 6) is -1.88. The first-order chi connectivity index (χ1) is 7.59. The maximum Gasteiger partial charge on any atom is 0.358 e. The summed E-state index contributed by atoms with van der Waals surface area (Å²) in [7, 11) is 0. The highest BCUT2D eigenvalue weighted by Crippen LogP contribution is 2.27. The van der Waals surface area contributed by atoms with Gasteiger partial charge in [-0.25, -0.2) is 9.18 Å². The SMILES string of the molecule is O=C(O)c1cc(-c2cccc(Cl)c2F)on1. The molecule has 0 unspecified atom stereocenters. The van der Waals surface area contributed by atoms with Crippen LogP contribution in [0.3, 0.4) is 0 Å². The molecule has 0 fully saturated rings. The zero-order valence-corrected chi connectivity index (χ0v) is 8.53. The van der Waals surface area contributed by atoms with Gasteiger partial charge in [0.25, 0.3) is 0 Å². The van der Waals surface area contributed by atoms with E-state index in [1.165, 1.54) is 18.2 Å². The highest BCUT2D eigenvalue weighted by Gasteiger charge is 2.16. The highest BCUT2D eigenvalue weighted by molar-refractivity contribution is 6.31. The molecule has 0 aliphatic rings. The zero-order chi connectivity index (χ0) is 11.7. The van der Waals surface area contributed by atoms with Gasteiger partial charge in [-0.05, 0) is 12.1 Å². The summed E-state index contributed by atoms with van der Waals surface area (Å²) in [5.41, 5.74) is -0.207. The molecule has 2 rings (SSSR count). The van der Waals surface area contributed by atoms with Gasteiger partial charge in [-0.2, -0.15) is 0 Å². The number of hydrogen-bond donors (Lipinski definition) is 1. The first kappa shape index (κ1) is 10.6. The van der Waals surface area contributed by atoms with Crippen LogP contribution in [0.2, 0.25) is 5.02 Å². The van der Waals surface area contributed by atoms with Gasteiger partial charge in [-0.15, -0.1) is 0 Å². The minimum absolute atomic E-state index is 0.0254. The van der Waals surface area contributed by atoms with Gasteiger partial charge < -0.3 is 9.63 Å². The average molecular weight is 242 g/mol. The van der Waals surface area contributed by atoms with Crippen LogP contribution in [0.5, 0.6) is 0 Å². The molecule has 1 N–H and O–H groups in total. The summed E-state index contributed by atoms with van der Waals surface area (Å²) in [6.45, 7) is 0. The molecule has 0 aliphatic carbocycles. The maximum atomic E-state index is 13.5. The summed E-state index contributed by atoms with van der Waals surface area (Å²) in [5, 5.41) is 11.8. The second kappa shape index (κ2) is 3.94. The second-order valence-electron chi connectivity index (χ2n) is 2.98. The minimum atomic E-state index is -1.24. The van der Waals surface area contributed by atoms with Gasteiger partial charge in [0.15, 0.2) is 17.3 Å². The number of rotatable bonds is 2. The predicted octanol–water partition coefficient (Wildman–Crippen LogP) is 2.83. The van der Waals surface area contributed by atoms with Crippen LogP contribution in [-0.2, 0) is 0 Å². The lowest BCUT2D eigenvalue weighted by atomic mass is 10.1. The molecule has 0 saturated heterocycles. The van der Waals surface area contributed by atoms with E-state index in [0.717, 1.165) is 6.07 Å². The fourth-order valence-electron chi connectivity index (χ4n) is 1.20. The Balaban J connectivity index is 2.50. The molecule has 1 aromatic carbocycles. The van der Waals surface area contributed by atoms with Crippen molar-refractivity contribution in [1.29, 1.82) is 0 Å². The number of carbonyl (C=O) groups is 1. The molecule has 1 heterocycles. The number of nitrogens with zero attached hydrogens (tertiary/aromatic N) is 1. The molecule has 0 amide bonds. The number of aromatic carboxylic acids is 1. The Bertz CT molecular complexity index is 553. The topological polar surface area (TPSA) is 63.3 Å². The van der Waals surface area contributed by atoms with Crippen LogP contribution in [-0.4, -0.2) is 16.2 Å². The Hall–Kier alpha value is -1.88. The molecule has 4 nitrogen and oxygen atoms in total. The van der Waals surface area contributed by atoms with Crippen molar-refractivity contribution in [2.24, 2.45) is 0 Å². The Morgan fingerprint density at radius 3 is 2.88 bits per heavy atom. The molecule has 2 aromatic rings. The number of carboxylic acids is 1. The molecule has 0 bridgehead atoms. The summed E-state index contributed by atoms with van der Waals surface area (Å²) in [6.07, 6.45) is 0. The Morgan fingerprint density at radius 1 is 1.50 bits per heavy atom. The molecule has 16 heavy (non-hydrogen) atoms. The number of aromatic nitrogens is 1. The van der Waals surface area contributed by atoms with Crippen molar-refractivity contribution >= 4 is 17.6 Å². The molecular formula is C10H5ClFNO3. The standard InChI is InChI=1S/C10H5ClFNO3/c11-6-3-1-2-5(9(6)12)8-4-7(10(14)15)13-16-8/h1-4H,(H,14,15). The van der Waals surface area contributed by atoms with E-state index in [0.29, 0.717) is 0 Å². The monoisotopic (exact) mass is 241 g/mol. The third-order valence-corrected chi connectivity index (χ3v) is 2.24. The van der Waals surface area contributed by atoms with E-state index in [4.69, 9.17) is 21.2 Å². The maximum absolute atomic E-state index is 13.5. The van der Waals surface area contributed by atoms with Gasteiger partial charge in [0, 0.05) is 6.07 Å². The van der Waals surface area contributed by atoms with Gasteiger partial charge in [0.05, 0.1) is 10.6 Å². The fraction of sp³-hybridized carbons (Fsp3) is 0. The van der Waals surface area contributed by atoms with Crippen molar-refractivity contribution in [1.82, 2.24) is 5.16 Å². The lowest BCUT2D eigenvalue weighted by Crippen LogP contribution is -1.94. The lowest BCUT2D eigenvalue weighted by molar-refractivity contribution is 0.0686. The summed E-state index contributed by atoms with van der Waals surface area (Å²) >= 11 is 5.58. The first-order valence-corrected chi connectivity index (χ1v) is 4.62. The molecule has 0 saturated carbocycles.